The Morgan fingerprint density at radius 2 is 1.86 bits per heavy atom. The highest BCUT2D eigenvalue weighted by Crippen LogP contribution is 2.23. The van der Waals surface area contributed by atoms with E-state index in [4.69, 9.17) is 11.5 Å². The van der Waals surface area contributed by atoms with Crippen molar-refractivity contribution in [1.29, 1.82) is 0 Å². The largest absolute Gasteiger partial charge is 0.384 e. The Morgan fingerprint density at radius 3 is 2.62 bits per heavy atom. The third kappa shape index (κ3) is 2.85. The molecule has 0 fully saturated rings. The van der Waals surface area contributed by atoms with Crippen LogP contribution >= 0.6 is 0 Å². The third-order valence-electron chi connectivity index (χ3n) is 3.10. The zero-order valence-corrected chi connectivity index (χ0v) is 11.3. The Labute approximate surface area is 122 Å². The first-order valence-corrected chi connectivity index (χ1v) is 6.53. The van der Waals surface area contributed by atoms with E-state index in [1.165, 1.54) is 0 Å². The normalized spacial score (nSPS) is 20.5. The quantitative estimate of drug-likeness (QED) is 0.680. The Bertz CT molecular complexity index is 694. The summed E-state index contributed by atoms with van der Waals surface area (Å²) >= 11 is 0. The minimum atomic E-state index is -1.04. The highest BCUT2D eigenvalue weighted by atomic mass is 15.2. The van der Waals surface area contributed by atoms with E-state index in [2.05, 4.69) is 20.6 Å². The molecular weight excluding hydrogens is 264 g/mol. The number of aliphatic imine (C=N–C) groups is 1. The fourth-order valence-electron chi connectivity index (χ4n) is 2.07. The Hall–Kier alpha value is -2.86. The first-order chi connectivity index (χ1) is 10.2. The smallest absolute Gasteiger partial charge is 0.175 e. The summed E-state index contributed by atoms with van der Waals surface area (Å²) in [4.78, 5) is 8.52. The summed E-state index contributed by atoms with van der Waals surface area (Å²) in [5.41, 5.74) is 12.5. The molecular formula is C15H16N6. The van der Waals surface area contributed by atoms with E-state index in [0.29, 0.717) is 11.5 Å². The van der Waals surface area contributed by atoms with Gasteiger partial charge in [-0.15, -0.1) is 0 Å². The number of rotatable bonds is 3. The number of para-hydroxylation sites is 1. The molecule has 6 N–H and O–H groups in total. The summed E-state index contributed by atoms with van der Waals surface area (Å²) in [6.45, 7) is 0. The fraction of sp³-hybridized carbons (Fsp3) is 0.0667. The van der Waals surface area contributed by atoms with Crippen LogP contribution in [0.15, 0.2) is 65.4 Å². The molecule has 6 nitrogen and oxygen atoms in total. The lowest BCUT2D eigenvalue weighted by atomic mass is 10.1. The zero-order chi connectivity index (χ0) is 14.7. The molecule has 106 valence electrons. The number of hydrogen-bond donors (Lipinski definition) is 4. The van der Waals surface area contributed by atoms with Gasteiger partial charge in [0.15, 0.2) is 5.66 Å². The number of benzene rings is 1. The molecule has 0 radical (unpaired) electrons. The third-order valence-corrected chi connectivity index (χ3v) is 3.10. The number of aromatic nitrogens is 1. The maximum absolute atomic E-state index is 6.32. The molecule has 0 amide bonds. The number of nitrogens with zero attached hydrogens (tertiary/aromatic N) is 2. The molecule has 0 saturated heterocycles. The van der Waals surface area contributed by atoms with Gasteiger partial charge >= 0.3 is 0 Å². The SMILES string of the molecule is Nc1cccc(C2(N)C=C(Nc3ccccc3)NC=N2)n1. The van der Waals surface area contributed by atoms with Crippen LogP contribution in [0.2, 0.25) is 0 Å². The number of pyridine rings is 1. The van der Waals surface area contributed by atoms with Gasteiger partial charge < -0.3 is 16.4 Å². The molecule has 1 aliphatic rings. The predicted molar refractivity (Wildman–Crippen MR) is 84.3 cm³/mol. The van der Waals surface area contributed by atoms with E-state index >= 15 is 0 Å². The average Bonchev–Trinajstić information content (AvgIpc) is 2.48. The minimum Gasteiger partial charge on any atom is -0.384 e. The Morgan fingerprint density at radius 1 is 1.05 bits per heavy atom. The lowest BCUT2D eigenvalue weighted by Crippen LogP contribution is -2.40. The van der Waals surface area contributed by atoms with Crippen LogP contribution in [0.5, 0.6) is 0 Å². The highest BCUT2D eigenvalue weighted by molar-refractivity contribution is 5.64. The molecule has 6 heteroatoms. The predicted octanol–water partition coefficient (Wildman–Crippen LogP) is 1.36. The van der Waals surface area contributed by atoms with Crippen LogP contribution in [0.3, 0.4) is 0 Å². The van der Waals surface area contributed by atoms with Gasteiger partial charge in [0.05, 0.1) is 12.0 Å². The second-order valence-corrected chi connectivity index (χ2v) is 4.72. The van der Waals surface area contributed by atoms with Crippen LogP contribution in [-0.2, 0) is 5.66 Å². The van der Waals surface area contributed by atoms with Crippen molar-refractivity contribution in [3.05, 3.63) is 66.1 Å². The monoisotopic (exact) mass is 280 g/mol. The summed E-state index contributed by atoms with van der Waals surface area (Å²) in [7, 11) is 0. The minimum absolute atomic E-state index is 0.414. The zero-order valence-electron chi connectivity index (χ0n) is 11.3. The first kappa shape index (κ1) is 13.1. The summed E-state index contributed by atoms with van der Waals surface area (Å²) < 4.78 is 0. The molecule has 1 unspecified atom stereocenters. The molecule has 0 bridgehead atoms. The van der Waals surface area contributed by atoms with Gasteiger partial charge in [-0.25, -0.2) is 9.98 Å². The molecule has 1 aliphatic heterocycles. The standard InChI is InChI=1S/C15H16N6/c16-13-8-4-7-12(21-13)15(17)9-14(18-10-19-15)20-11-5-2-1-3-6-11/h1-10,20H,17H2,(H2,16,21)(H,18,19). The molecule has 0 saturated carbocycles. The van der Waals surface area contributed by atoms with Crippen LogP contribution in [-0.4, -0.2) is 11.3 Å². The molecule has 2 aromatic rings. The molecule has 1 aromatic carbocycles. The van der Waals surface area contributed by atoms with E-state index in [-0.39, 0.29) is 0 Å². The number of nitrogens with two attached hydrogens (primary N) is 2. The van der Waals surface area contributed by atoms with Crippen molar-refractivity contribution in [2.75, 3.05) is 11.1 Å². The van der Waals surface area contributed by atoms with E-state index in [1.54, 1.807) is 24.5 Å². The van der Waals surface area contributed by atoms with Crippen LogP contribution < -0.4 is 22.1 Å². The summed E-state index contributed by atoms with van der Waals surface area (Å²) in [5.74, 6) is 1.15. The van der Waals surface area contributed by atoms with Gasteiger partial charge in [0.2, 0.25) is 0 Å². The van der Waals surface area contributed by atoms with Crippen molar-refractivity contribution >= 4 is 17.8 Å². The first-order valence-electron chi connectivity index (χ1n) is 6.53. The number of anilines is 2. The van der Waals surface area contributed by atoms with Crippen LogP contribution in [0.1, 0.15) is 5.69 Å². The number of hydrogen-bond acceptors (Lipinski definition) is 6. The maximum Gasteiger partial charge on any atom is 0.175 e. The van der Waals surface area contributed by atoms with Gasteiger partial charge in [-0.1, -0.05) is 24.3 Å². The molecule has 21 heavy (non-hydrogen) atoms. The maximum atomic E-state index is 6.32. The topological polar surface area (TPSA) is 101 Å². The van der Waals surface area contributed by atoms with Gasteiger partial charge in [-0.3, -0.25) is 5.73 Å². The second-order valence-electron chi connectivity index (χ2n) is 4.72. The van der Waals surface area contributed by atoms with Crippen molar-refractivity contribution < 1.29 is 0 Å². The molecule has 2 heterocycles. The van der Waals surface area contributed by atoms with E-state index in [1.807, 2.05) is 36.4 Å². The van der Waals surface area contributed by atoms with Crippen molar-refractivity contribution in [3.8, 4) is 0 Å². The van der Waals surface area contributed by atoms with Gasteiger partial charge in [-0.2, -0.15) is 0 Å². The van der Waals surface area contributed by atoms with Crippen molar-refractivity contribution in [2.45, 2.75) is 5.66 Å². The van der Waals surface area contributed by atoms with Crippen LogP contribution in [0.25, 0.3) is 0 Å². The van der Waals surface area contributed by atoms with Crippen LogP contribution in [0, 0.1) is 0 Å². The Balaban J connectivity index is 1.89. The average molecular weight is 280 g/mol. The number of nitrogens with one attached hydrogen (secondary N) is 2. The molecule has 0 spiro atoms. The van der Waals surface area contributed by atoms with Crippen LogP contribution in [0.4, 0.5) is 11.5 Å². The lowest BCUT2D eigenvalue weighted by Gasteiger charge is -2.26. The summed E-state index contributed by atoms with van der Waals surface area (Å²) in [5, 5.41) is 6.27. The fourth-order valence-corrected chi connectivity index (χ4v) is 2.07. The van der Waals surface area contributed by atoms with Gasteiger partial charge in [0, 0.05) is 11.8 Å². The molecule has 0 aliphatic carbocycles. The molecule has 1 atom stereocenters. The second kappa shape index (κ2) is 5.26. The molecule has 1 aromatic heterocycles. The van der Waals surface area contributed by atoms with Crippen molar-refractivity contribution in [2.24, 2.45) is 10.7 Å². The van der Waals surface area contributed by atoms with Gasteiger partial charge in [0.25, 0.3) is 0 Å². The van der Waals surface area contributed by atoms with Crippen molar-refractivity contribution in [3.63, 3.8) is 0 Å². The number of nitrogen functional groups attached to an aromatic ring is 1. The van der Waals surface area contributed by atoms with E-state index in [0.717, 1.165) is 11.5 Å². The van der Waals surface area contributed by atoms with Crippen molar-refractivity contribution in [1.82, 2.24) is 10.3 Å². The highest BCUT2D eigenvalue weighted by Gasteiger charge is 2.28. The van der Waals surface area contributed by atoms with Gasteiger partial charge in [-0.05, 0) is 24.3 Å². The molecule has 3 rings (SSSR count). The van der Waals surface area contributed by atoms with E-state index < -0.39 is 5.66 Å². The summed E-state index contributed by atoms with van der Waals surface area (Å²) in [6.07, 6.45) is 3.33. The van der Waals surface area contributed by atoms with E-state index in [9.17, 15) is 0 Å². The summed E-state index contributed by atoms with van der Waals surface area (Å²) in [6, 6.07) is 15.1. The van der Waals surface area contributed by atoms with Gasteiger partial charge in [0.1, 0.15) is 11.6 Å². The Kier molecular flexibility index (Phi) is 3.29. The lowest BCUT2D eigenvalue weighted by molar-refractivity contribution is 0.562.